The molecule has 0 aromatic heterocycles. The minimum Gasteiger partial charge on any atom is -0.494 e. The SMILES string of the molecule is CCC(C)N(CC)S(=O)(=O)c1ccc(OCCCO)cc1. The van der Waals surface area contributed by atoms with E-state index in [1.54, 1.807) is 24.3 Å². The van der Waals surface area contributed by atoms with Gasteiger partial charge in [0, 0.05) is 25.6 Å². The van der Waals surface area contributed by atoms with E-state index in [9.17, 15) is 8.42 Å². The molecule has 1 N–H and O–H groups in total. The van der Waals surface area contributed by atoms with Crippen molar-refractivity contribution in [3.63, 3.8) is 0 Å². The zero-order valence-corrected chi connectivity index (χ0v) is 13.8. The van der Waals surface area contributed by atoms with Crippen molar-refractivity contribution in [2.45, 2.75) is 44.6 Å². The van der Waals surface area contributed by atoms with Gasteiger partial charge in [-0.15, -0.1) is 0 Å². The monoisotopic (exact) mass is 315 g/mol. The zero-order chi connectivity index (χ0) is 15.9. The Morgan fingerprint density at radius 1 is 1.24 bits per heavy atom. The molecule has 1 unspecified atom stereocenters. The van der Waals surface area contributed by atoms with Crippen LogP contribution in [0.5, 0.6) is 5.75 Å². The molecule has 6 heteroatoms. The van der Waals surface area contributed by atoms with Crippen molar-refractivity contribution < 1.29 is 18.3 Å². The normalized spacial score (nSPS) is 13.4. The first-order chi connectivity index (χ1) is 9.97. The van der Waals surface area contributed by atoms with Gasteiger partial charge >= 0.3 is 0 Å². The highest BCUT2D eigenvalue weighted by Gasteiger charge is 2.26. The van der Waals surface area contributed by atoms with E-state index in [1.807, 2.05) is 20.8 Å². The zero-order valence-electron chi connectivity index (χ0n) is 12.9. The molecule has 0 amide bonds. The number of hydrogen-bond acceptors (Lipinski definition) is 4. The van der Waals surface area contributed by atoms with Crippen molar-refractivity contribution >= 4 is 10.0 Å². The Morgan fingerprint density at radius 3 is 2.33 bits per heavy atom. The van der Waals surface area contributed by atoms with Crippen molar-refractivity contribution in [2.24, 2.45) is 0 Å². The second-order valence-corrected chi connectivity index (χ2v) is 6.75. The molecular weight excluding hydrogens is 290 g/mol. The molecule has 120 valence electrons. The van der Waals surface area contributed by atoms with Crippen molar-refractivity contribution in [3.05, 3.63) is 24.3 Å². The Labute approximate surface area is 127 Å². The van der Waals surface area contributed by atoms with Crippen LogP contribution in [0.1, 0.15) is 33.6 Å². The molecule has 5 nitrogen and oxygen atoms in total. The Bertz CT molecular complexity index is 513. The maximum atomic E-state index is 12.6. The Kier molecular flexibility index (Phi) is 7.14. The lowest BCUT2D eigenvalue weighted by Gasteiger charge is -2.26. The van der Waals surface area contributed by atoms with Gasteiger partial charge in [-0.3, -0.25) is 0 Å². The minimum absolute atomic E-state index is 0.0273. The van der Waals surface area contributed by atoms with Gasteiger partial charge in [0.15, 0.2) is 0 Å². The van der Waals surface area contributed by atoms with Crippen molar-refractivity contribution in [2.75, 3.05) is 19.8 Å². The fourth-order valence-electron chi connectivity index (χ4n) is 2.02. The minimum atomic E-state index is -3.47. The van der Waals surface area contributed by atoms with Crippen LogP contribution in [0.15, 0.2) is 29.2 Å². The van der Waals surface area contributed by atoms with Gasteiger partial charge in [-0.2, -0.15) is 4.31 Å². The van der Waals surface area contributed by atoms with Crippen LogP contribution >= 0.6 is 0 Å². The van der Waals surface area contributed by atoms with Crippen LogP contribution in [0.25, 0.3) is 0 Å². The molecule has 0 radical (unpaired) electrons. The molecular formula is C15H25NO4S. The van der Waals surface area contributed by atoms with Crippen molar-refractivity contribution in [3.8, 4) is 5.75 Å². The van der Waals surface area contributed by atoms with Gasteiger partial charge in [-0.1, -0.05) is 13.8 Å². The first-order valence-electron chi connectivity index (χ1n) is 7.32. The van der Waals surface area contributed by atoms with E-state index < -0.39 is 10.0 Å². The molecule has 0 aliphatic heterocycles. The highest BCUT2D eigenvalue weighted by Crippen LogP contribution is 2.22. The second-order valence-electron chi connectivity index (χ2n) is 4.86. The molecule has 1 atom stereocenters. The summed E-state index contributed by atoms with van der Waals surface area (Å²) in [4.78, 5) is 0.277. The van der Waals surface area contributed by atoms with E-state index in [0.717, 1.165) is 6.42 Å². The molecule has 1 rings (SSSR count). The summed E-state index contributed by atoms with van der Waals surface area (Å²) in [5, 5.41) is 8.69. The van der Waals surface area contributed by atoms with Crippen molar-refractivity contribution in [1.82, 2.24) is 4.31 Å². The number of aliphatic hydroxyl groups is 1. The van der Waals surface area contributed by atoms with Crippen LogP contribution in [-0.4, -0.2) is 43.6 Å². The summed E-state index contributed by atoms with van der Waals surface area (Å²) in [6.07, 6.45) is 1.33. The summed E-state index contributed by atoms with van der Waals surface area (Å²) < 4.78 is 32.1. The van der Waals surface area contributed by atoms with Gasteiger partial charge in [-0.05, 0) is 37.6 Å². The molecule has 0 heterocycles. The van der Waals surface area contributed by atoms with Gasteiger partial charge in [0.2, 0.25) is 10.0 Å². The van der Waals surface area contributed by atoms with Crippen LogP contribution in [-0.2, 0) is 10.0 Å². The predicted octanol–water partition coefficient (Wildman–Crippen LogP) is 2.26. The van der Waals surface area contributed by atoms with Gasteiger partial charge in [0.1, 0.15) is 5.75 Å². The average molecular weight is 315 g/mol. The first-order valence-corrected chi connectivity index (χ1v) is 8.76. The lowest BCUT2D eigenvalue weighted by atomic mass is 10.3. The topological polar surface area (TPSA) is 66.8 Å². The third-order valence-corrected chi connectivity index (χ3v) is 5.50. The first kappa shape index (κ1) is 17.9. The fourth-order valence-corrected chi connectivity index (χ4v) is 3.73. The molecule has 0 saturated heterocycles. The van der Waals surface area contributed by atoms with E-state index in [1.165, 1.54) is 4.31 Å². The van der Waals surface area contributed by atoms with Crippen LogP contribution in [0, 0.1) is 0 Å². The summed E-state index contributed by atoms with van der Waals surface area (Å²) >= 11 is 0. The van der Waals surface area contributed by atoms with E-state index in [0.29, 0.717) is 25.3 Å². The van der Waals surface area contributed by atoms with E-state index >= 15 is 0 Å². The Morgan fingerprint density at radius 2 is 1.86 bits per heavy atom. The third kappa shape index (κ3) is 4.69. The molecule has 1 aromatic rings. The van der Waals surface area contributed by atoms with Crippen LogP contribution in [0.2, 0.25) is 0 Å². The summed E-state index contributed by atoms with van der Waals surface area (Å²) in [7, 11) is -3.47. The van der Waals surface area contributed by atoms with Gasteiger partial charge in [-0.25, -0.2) is 8.42 Å². The Balaban J connectivity index is 2.88. The number of hydrogen-bond donors (Lipinski definition) is 1. The van der Waals surface area contributed by atoms with Gasteiger partial charge in [0.25, 0.3) is 0 Å². The van der Waals surface area contributed by atoms with E-state index in [2.05, 4.69) is 0 Å². The maximum absolute atomic E-state index is 12.6. The summed E-state index contributed by atoms with van der Waals surface area (Å²) in [6, 6.07) is 6.40. The third-order valence-electron chi connectivity index (χ3n) is 3.40. The molecule has 0 bridgehead atoms. The lowest BCUT2D eigenvalue weighted by Crippen LogP contribution is -2.38. The average Bonchev–Trinajstić information content (AvgIpc) is 2.48. The van der Waals surface area contributed by atoms with Crippen LogP contribution in [0.4, 0.5) is 0 Å². The molecule has 1 aromatic carbocycles. The summed E-state index contributed by atoms with van der Waals surface area (Å²) in [6.45, 7) is 6.67. The summed E-state index contributed by atoms with van der Waals surface area (Å²) in [5.41, 5.74) is 0. The maximum Gasteiger partial charge on any atom is 0.243 e. The fraction of sp³-hybridized carbons (Fsp3) is 0.600. The number of sulfonamides is 1. The lowest BCUT2D eigenvalue weighted by molar-refractivity contribution is 0.233. The quantitative estimate of drug-likeness (QED) is 0.710. The number of ether oxygens (including phenoxy) is 1. The molecule has 0 spiro atoms. The standard InChI is InChI=1S/C15H25NO4S/c1-4-13(3)16(5-2)21(18,19)15-9-7-14(8-10-15)20-12-6-11-17/h7-10,13,17H,4-6,11-12H2,1-3H3. The van der Waals surface area contributed by atoms with E-state index in [-0.39, 0.29) is 17.5 Å². The number of aliphatic hydroxyl groups excluding tert-OH is 1. The van der Waals surface area contributed by atoms with Crippen molar-refractivity contribution in [1.29, 1.82) is 0 Å². The van der Waals surface area contributed by atoms with Gasteiger partial charge < -0.3 is 9.84 Å². The number of rotatable bonds is 9. The van der Waals surface area contributed by atoms with Crippen LogP contribution < -0.4 is 4.74 Å². The highest BCUT2D eigenvalue weighted by molar-refractivity contribution is 7.89. The predicted molar refractivity (Wildman–Crippen MR) is 83.0 cm³/mol. The second kappa shape index (κ2) is 8.36. The molecule has 0 aliphatic rings. The van der Waals surface area contributed by atoms with Crippen LogP contribution in [0.3, 0.4) is 0 Å². The number of nitrogens with zero attached hydrogens (tertiary/aromatic N) is 1. The number of benzene rings is 1. The summed E-state index contributed by atoms with van der Waals surface area (Å²) in [5.74, 6) is 0.606. The smallest absolute Gasteiger partial charge is 0.243 e. The molecule has 0 saturated carbocycles. The molecule has 0 aliphatic carbocycles. The van der Waals surface area contributed by atoms with E-state index in [4.69, 9.17) is 9.84 Å². The molecule has 21 heavy (non-hydrogen) atoms. The Hall–Kier alpha value is -1.11. The molecule has 0 fully saturated rings. The van der Waals surface area contributed by atoms with Gasteiger partial charge in [0.05, 0.1) is 11.5 Å². The largest absolute Gasteiger partial charge is 0.494 e. The highest BCUT2D eigenvalue weighted by atomic mass is 32.2.